The summed E-state index contributed by atoms with van der Waals surface area (Å²) in [5, 5.41) is 5.63. The van der Waals surface area contributed by atoms with Gasteiger partial charge in [-0.2, -0.15) is 0 Å². The molecule has 2 N–H and O–H groups in total. The fourth-order valence-corrected chi connectivity index (χ4v) is 3.87. The van der Waals surface area contributed by atoms with Gasteiger partial charge in [-0.1, -0.05) is 12.1 Å². The van der Waals surface area contributed by atoms with Gasteiger partial charge in [-0.25, -0.2) is 13.4 Å². The molecular formula is C20H16N4O2S2. The van der Waals surface area contributed by atoms with Crippen molar-refractivity contribution in [2.24, 2.45) is 5.14 Å². The van der Waals surface area contributed by atoms with Gasteiger partial charge in [0.05, 0.1) is 21.6 Å². The number of rotatable bonds is 4. The van der Waals surface area contributed by atoms with Crippen molar-refractivity contribution in [3.8, 4) is 22.4 Å². The maximum absolute atomic E-state index is 11.7. The minimum atomic E-state index is -3.24. The molecule has 0 aliphatic rings. The first kappa shape index (κ1) is 18.5. The Morgan fingerprint density at radius 3 is 2.46 bits per heavy atom. The molecule has 0 aliphatic heterocycles. The van der Waals surface area contributed by atoms with Gasteiger partial charge in [-0.3, -0.25) is 15.1 Å². The van der Waals surface area contributed by atoms with E-state index in [0.29, 0.717) is 0 Å². The third-order valence-corrected chi connectivity index (χ3v) is 5.95. The minimum Gasteiger partial charge on any atom is -0.274 e. The standard InChI is InChI=1S/C20H16N4O2S2/c1-28(25,26)16-4-2-13(3-5-16)17-8-9-23-19-7-6-18(24-20(17)19)14-10-15(27-21)12-22-11-14/h2-12H,21H2,1H3. The molecule has 28 heavy (non-hydrogen) atoms. The first-order chi connectivity index (χ1) is 13.5. The summed E-state index contributed by atoms with van der Waals surface area (Å²) in [5.74, 6) is 0. The molecule has 0 atom stereocenters. The van der Waals surface area contributed by atoms with Crippen LogP contribution in [0.25, 0.3) is 33.4 Å². The fourth-order valence-electron chi connectivity index (χ4n) is 2.92. The quantitative estimate of drug-likeness (QED) is 0.514. The highest BCUT2D eigenvalue weighted by Gasteiger charge is 2.11. The summed E-state index contributed by atoms with van der Waals surface area (Å²) in [6.45, 7) is 0. The normalized spacial score (nSPS) is 11.6. The lowest BCUT2D eigenvalue weighted by Gasteiger charge is -2.09. The molecule has 3 heterocycles. The van der Waals surface area contributed by atoms with Gasteiger partial charge in [0.15, 0.2) is 9.84 Å². The number of sulfone groups is 1. The second-order valence-corrected chi connectivity index (χ2v) is 8.97. The summed E-state index contributed by atoms with van der Waals surface area (Å²) in [7, 11) is -3.24. The number of nitrogens with zero attached hydrogens (tertiary/aromatic N) is 3. The Morgan fingerprint density at radius 1 is 0.964 bits per heavy atom. The highest BCUT2D eigenvalue weighted by Crippen LogP contribution is 2.29. The van der Waals surface area contributed by atoms with E-state index < -0.39 is 9.84 Å². The van der Waals surface area contributed by atoms with Crippen LogP contribution in [0.3, 0.4) is 0 Å². The summed E-state index contributed by atoms with van der Waals surface area (Å²) in [6.07, 6.45) is 6.35. The van der Waals surface area contributed by atoms with Crippen LogP contribution in [0.2, 0.25) is 0 Å². The molecule has 0 radical (unpaired) electrons. The lowest BCUT2D eigenvalue weighted by Crippen LogP contribution is -1.96. The van der Waals surface area contributed by atoms with Crippen molar-refractivity contribution in [2.75, 3.05) is 6.26 Å². The maximum atomic E-state index is 11.7. The number of aromatic nitrogens is 3. The number of hydrogen-bond donors (Lipinski definition) is 1. The number of hydrogen-bond acceptors (Lipinski definition) is 7. The Balaban J connectivity index is 1.85. The minimum absolute atomic E-state index is 0.283. The predicted octanol–water partition coefficient (Wildman–Crippen LogP) is 3.73. The zero-order chi connectivity index (χ0) is 19.7. The summed E-state index contributed by atoms with van der Waals surface area (Å²) in [5.41, 5.74) is 4.86. The number of nitrogens with two attached hydrogens (primary N) is 1. The Bertz CT molecular complexity index is 1270. The van der Waals surface area contributed by atoms with Gasteiger partial charge in [0.1, 0.15) is 0 Å². The van der Waals surface area contributed by atoms with Gasteiger partial charge < -0.3 is 0 Å². The highest BCUT2D eigenvalue weighted by atomic mass is 32.2. The van der Waals surface area contributed by atoms with Gasteiger partial charge in [0.25, 0.3) is 0 Å². The molecule has 8 heteroatoms. The Labute approximate surface area is 166 Å². The Morgan fingerprint density at radius 2 is 1.75 bits per heavy atom. The summed E-state index contributed by atoms with van der Waals surface area (Å²) in [6, 6.07) is 14.4. The SMILES string of the molecule is CS(=O)(=O)c1ccc(-c2ccnc3ccc(-c4cncc(SN)c4)nc23)cc1. The summed E-state index contributed by atoms with van der Waals surface area (Å²) >= 11 is 1.13. The number of pyridine rings is 3. The average Bonchev–Trinajstić information content (AvgIpc) is 2.72. The zero-order valence-electron chi connectivity index (χ0n) is 14.9. The molecule has 0 spiro atoms. The van der Waals surface area contributed by atoms with Crippen molar-refractivity contribution in [2.45, 2.75) is 9.79 Å². The lowest BCUT2D eigenvalue weighted by atomic mass is 10.0. The number of benzene rings is 1. The van der Waals surface area contributed by atoms with E-state index in [1.807, 2.05) is 24.3 Å². The smallest absolute Gasteiger partial charge is 0.175 e. The molecule has 140 valence electrons. The van der Waals surface area contributed by atoms with Crippen LogP contribution in [0, 0.1) is 0 Å². The number of fused-ring (bicyclic) bond motifs is 1. The van der Waals surface area contributed by atoms with E-state index in [1.165, 1.54) is 6.26 Å². The van der Waals surface area contributed by atoms with Crippen molar-refractivity contribution in [3.05, 3.63) is 67.1 Å². The molecule has 0 unspecified atom stereocenters. The van der Waals surface area contributed by atoms with Gasteiger partial charge in [-0.05, 0) is 53.9 Å². The van der Waals surface area contributed by atoms with E-state index in [1.54, 1.807) is 42.9 Å². The van der Waals surface area contributed by atoms with Gasteiger partial charge in [-0.15, -0.1) is 0 Å². The molecule has 3 aromatic heterocycles. The van der Waals surface area contributed by atoms with Crippen molar-refractivity contribution in [1.82, 2.24) is 15.0 Å². The van der Waals surface area contributed by atoms with Crippen molar-refractivity contribution in [1.29, 1.82) is 0 Å². The van der Waals surface area contributed by atoms with Crippen LogP contribution in [0.5, 0.6) is 0 Å². The molecule has 0 saturated carbocycles. The van der Waals surface area contributed by atoms with Gasteiger partial charge in [0.2, 0.25) is 0 Å². The van der Waals surface area contributed by atoms with Crippen molar-refractivity contribution >= 4 is 32.8 Å². The Kier molecular flexibility index (Phi) is 4.84. The topological polar surface area (TPSA) is 98.8 Å². The van der Waals surface area contributed by atoms with Gasteiger partial charge in [0, 0.05) is 40.9 Å². The maximum Gasteiger partial charge on any atom is 0.175 e. The largest absolute Gasteiger partial charge is 0.274 e. The molecular weight excluding hydrogens is 392 g/mol. The zero-order valence-corrected chi connectivity index (χ0v) is 16.5. The third kappa shape index (κ3) is 3.62. The molecule has 0 saturated heterocycles. The second kappa shape index (κ2) is 7.31. The van der Waals surface area contributed by atoms with E-state index in [9.17, 15) is 8.42 Å². The van der Waals surface area contributed by atoms with E-state index in [2.05, 4.69) is 9.97 Å². The first-order valence-electron chi connectivity index (χ1n) is 8.34. The van der Waals surface area contributed by atoms with E-state index in [-0.39, 0.29) is 4.90 Å². The van der Waals surface area contributed by atoms with Crippen LogP contribution in [0.15, 0.2) is 76.9 Å². The molecule has 0 bridgehead atoms. The molecule has 0 fully saturated rings. The van der Waals surface area contributed by atoms with Crippen LogP contribution in [0.1, 0.15) is 0 Å². The van der Waals surface area contributed by atoms with Crippen LogP contribution < -0.4 is 5.14 Å². The highest BCUT2D eigenvalue weighted by molar-refractivity contribution is 7.97. The molecule has 1 aromatic carbocycles. The van der Waals surface area contributed by atoms with Crippen molar-refractivity contribution in [3.63, 3.8) is 0 Å². The lowest BCUT2D eigenvalue weighted by molar-refractivity contribution is 0.602. The molecule has 0 aliphatic carbocycles. The first-order valence-corrected chi connectivity index (χ1v) is 11.1. The van der Waals surface area contributed by atoms with E-state index in [0.717, 1.165) is 50.3 Å². The van der Waals surface area contributed by atoms with E-state index >= 15 is 0 Å². The molecule has 4 aromatic rings. The predicted molar refractivity (Wildman–Crippen MR) is 111 cm³/mol. The molecule has 0 amide bonds. The van der Waals surface area contributed by atoms with Crippen LogP contribution in [-0.4, -0.2) is 29.6 Å². The molecule has 6 nitrogen and oxygen atoms in total. The monoisotopic (exact) mass is 408 g/mol. The summed E-state index contributed by atoms with van der Waals surface area (Å²) in [4.78, 5) is 14.5. The average molecular weight is 409 g/mol. The van der Waals surface area contributed by atoms with Crippen LogP contribution in [-0.2, 0) is 9.84 Å². The molecule has 4 rings (SSSR count). The Hall–Kier alpha value is -2.81. The summed E-state index contributed by atoms with van der Waals surface area (Å²) < 4.78 is 23.4. The van der Waals surface area contributed by atoms with E-state index in [4.69, 9.17) is 10.1 Å². The third-order valence-electron chi connectivity index (χ3n) is 4.32. The van der Waals surface area contributed by atoms with Crippen LogP contribution in [0.4, 0.5) is 0 Å². The van der Waals surface area contributed by atoms with Crippen LogP contribution >= 0.6 is 11.9 Å². The van der Waals surface area contributed by atoms with Crippen molar-refractivity contribution < 1.29 is 8.42 Å². The van der Waals surface area contributed by atoms with Gasteiger partial charge >= 0.3 is 0 Å². The fraction of sp³-hybridized carbons (Fsp3) is 0.0500. The second-order valence-electron chi connectivity index (χ2n) is 6.25.